The van der Waals surface area contributed by atoms with E-state index < -0.39 is 0 Å². The van der Waals surface area contributed by atoms with Gasteiger partial charge in [0.2, 0.25) is 5.91 Å². The van der Waals surface area contributed by atoms with Crippen molar-refractivity contribution in [2.75, 3.05) is 12.0 Å². The summed E-state index contributed by atoms with van der Waals surface area (Å²) in [4.78, 5) is 21.3. The van der Waals surface area contributed by atoms with Gasteiger partial charge >= 0.3 is 0 Å². The third kappa shape index (κ3) is 5.18. The van der Waals surface area contributed by atoms with Crippen molar-refractivity contribution < 1.29 is 9.59 Å². The minimum absolute atomic E-state index is 0.0618. The Kier molecular flexibility index (Phi) is 6.85. The zero-order valence-corrected chi connectivity index (χ0v) is 8.32. The van der Waals surface area contributed by atoms with Gasteiger partial charge in [-0.3, -0.25) is 4.79 Å². The van der Waals surface area contributed by atoms with Gasteiger partial charge in [-0.25, -0.2) is 0 Å². The number of amides is 1. The molecular weight excluding hydrogens is 174 g/mol. The molecule has 0 saturated carbocycles. The summed E-state index contributed by atoms with van der Waals surface area (Å²) in [5.41, 5.74) is 0. The summed E-state index contributed by atoms with van der Waals surface area (Å²) in [7, 11) is 0. The highest BCUT2D eigenvalue weighted by Gasteiger charge is 2.08. The Morgan fingerprint density at radius 1 is 1.67 bits per heavy atom. The highest BCUT2D eigenvalue weighted by molar-refractivity contribution is 7.98. The van der Waals surface area contributed by atoms with Crippen molar-refractivity contribution in [2.45, 2.75) is 25.8 Å². The second-order valence-corrected chi connectivity index (χ2v) is 3.43. The number of carbonyl (C=O) groups is 2. The molecule has 0 aromatic rings. The summed E-state index contributed by atoms with van der Waals surface area (Å²) < 4.78 is 0. The Morgan fingerprint density at radius 3 is 2.75 bits per heavy atom. The van der Waals surface area contributed by atoms with E-state index >= 15 is 0 Å². The summed E-state index contributed by atoms with van der Waals surface area (Å²) in [5, 5.41) is 2.63. The van der Waals surface area contributed by atoms with Crippen molar-refractivity contribution >= 4 is 24.0 Å². The van der Waals surface area contributed by atoms with Crippen LogP contribution in [-0.4, -0.2) is 30.2 Å². The molecule has 1 N–H and O–H groups in total. The van der Waals surface area contributed by atoms with Crippen LogP contribution < -0.4 is 5.32 Å². The molecule has 0 aliphatic heterocycles. The highest BCUT2D eigenvalue weighted by atomic mass is 32.2. The molecule has 1 amide bonds. The highest BCUT2D eigenvalue weighted by Crippen LogP contribution is 1.98. The third-order valence-corrected chi connectivity index (χ3v) is 2.11. The molecule has 0 aliphatic carbocycles. The molecule has 1 atom stereocenters. The maximum atomic E-state index is 10.9. The molecule has 0 aromatic carbocycles. The molecule has 4 heteroatoms. The molecule has 0 bridgehead atoms. The molecular formula is C8H15NO2S. The van der Waals surface area contributed by atoms with Crippen molar-refractivity contribution in [2.24, 2.45) is 0 Å². The van der Waals surface area contributed by atoms with E-state index in [4.69, 9.17) is 0 Å². The van der Waals surface area contributed by atoms with Gasteiger partial charge in [-0.1, -0.05) is 6.92 Å². The lowest BCUT2D eigenvalue weighted by Crippen LogP contribution is -2.35. The minimum atomic E-state index is -0.301. The van der Waals surface area contributed by atoms with E-state index in [1.54, 1.807) is 18.7 Å². The van der Waals surface area contributed by atoms with Crippen LogP contribution in [0.3, 0.4) is 0 Å². The minimum Gasteiger partial charge on any atom is -0.347 e. The summed E-state index contributed by atoms with van der Waals surface area (Å²) in [6, 6.07) is -0.301. The Morgan fingerprint density at radius 2 is 2.33 bits per heavy atom. The van der Waals surface area contributed by atoms with Gasteiger partial charge in [-0.2, -0.15) is 11.8 Å². The fourth-order valence-corrected chi connectivity index (χ4v) is 1.22. The van der Waals surface area contributed by atoms with Crippen LogP contribution in [0.4, 0.5) is 0 Å². The zero-order valence-electron chi connectivity index (χ0n) is 7.50. The van der Waals surface area contributed by atoms with Crippen molar-refractivity contribution in [3.05, 3.63) is 0 Å². The van der Waals surface area contributed by atoms with Crippen molar-refractivity contribution in [1.29, 1.82) is 0 Å². The Bertz CT molecular complexity index is 150. The summed E-state index contributed by atoms with van der Waals surface area (Å²) in [6.45, 7) is 1.77. The number of nitrogens with one attached hydrogen (secondary N) is 1. The number of rotatable bonds is 6. The van der Waals surface area contributed by atoms with Crippen LogP contribution in [-0.2, 0) is 9.59 Å². The SMILES string of the molecule is CCC(=O)N[C@H](C=O)CCSC. The Balaban J connectivity index is 3.66. The largest absolute Gasteiger partial charge is 0.347 e. The van der Waals surface area contributed by atoms with Crippen LogP contribution in [0.2, 0.25) is 0 Å². The molecule has 12 heavy (non-hydrogen) atoms. The number of hydrogen-bond donors (Lipinski definition) is 1. The van der Waals surface area contributed by atoms with Crippen molar-refractivity contribution in [3.63, 3.8) is 0 Å². The summed E-state index contributed by atoms with van der Waals surface area (Å²) >= 11 is 1.67. The van der Waals surface area contributed by atoms with E-state index in [9.17, 15) is 9.59 Å². The smallest absolute Gasteiger partial charge is 0.220 e. The van der Waals surface area contributed by atoms with E-state index in [-0.39, 0.29) is 11.9 Å². The Hall–Kier alpha value is -0.510. The second-order valence-electron chi connectivity index (χ2n) is 2.45. The molecule has 0 fully saturated rings. The zero-order chi connectivity index (χ0) is 9.40. The van der Waals surface area contributed by atoms with E-state index in [1.165, 1.54) is 0 Å². The van der Waals surface area contributed by atoms with Crippen LogP contribution >= 0.6 is 11.8 Å². The fourth-order valence-electron chi connectivity index (χ4n) is 0.728. The lowest BCUT2D eigenvalue weighted by molar-refractivity contribution is -0.123. The lowest BCUT2D eigenvalue weighted by atomic mass is 10.2. The number of thioether (sulfide) groups is 1. The normalized spacial score (nSPS) is 12.2. The van der Waals surface area contributed by atoms with E-state index in [0.29, 0.717) is 6.42 Å². The molecule has 0 saturated heterocycles. The molecule has 0 aromatic heterocycles. The van der Waals surface area contributed by atoms with Gasteiger partial charge in [0, 0.05) is 6.42 Å². The molecule has 0 unspecified atom stereocenters. The topological polar surface area (TPSA) is 46.2 Å². The first-order valence-electron chi connectivity index (χ1n) is 3.98. The van der Waals surface area contributed by atoms with Crippen LogP contribution in [0.1, 0.15) is 19.8 Å². The predicted molar refractivity (Wildman–Crippen MR) is 51.3 cm³/mol. The average molecular weight is 189 g/mol. The van der Waals surface area contributed by atoms with Crippen molar-refractivity contribution in [3.8, 4) is 0 Å². The number of aldehydes is 1. The standard InChI is InChI=1S/C8H15NO2S/c1-3-8(11)9-7(6-10)4-5-12-2/h6-7H,3-5H2,1-2H3,(H,9,11)/t7-/m0/s1. The average Bonchev–Trinajstić information content (AvgIpc) is 2.11. The second kappa shape index (κ2) is 7.16. The van der Waals surface area contributed by atoms with Crippen molar-refractivity contribution in [1.82, 2.24) is 5.32 Å². The molecule has 0 spiro atoms. The van der Waals surface area contributed by atoms with Gasteiger partial charge < -0.3 is 10.1 Å². The van der Waals surface area contributed by atoms with Gasteiger partial charge in [0.05, 0.1) is 6.04 Å². The van der Waals surface area contributed by atoms with Gasteiger partial charge in [-0.15, -0.1) is 0 Å². The molecule has 0 heterocycles. The third-order valence-electron chi connectivity index (χ3n) is 1.46. The van der Waals surface area contributed by atoms with Crippen LogP contribution in [0.5, 0.6) is 0 Å². The maximum Gasteiger partial charge on any atom is 0.220 e. The summed E-state index contributed by atoms with van der Waals surface area (Å²) in [6.07, 6.45) is 3.92. The first kappa shape index (κ1) is 11.5. The molecule has 0 aliphatic rings. The number of hydrogen-bond acceptors (Lipinski definition) is 3. The molecule has 70 valence electrons. The Labute approximate surface area is 77.3 Å². The summed E-state index contributed by atoms with van der Waals surface area (Å²) in [5.74, 6) is 0.834. The molecule has 3 nitrogen and oxygen atoms in total. The molecule has 0 rings (SSSR count). The predicted octanol–water partition coefficient (Wildman–Crippen LogP) is 0.833. The maximum absolute atomic E-state index is 10.9. The quantitative estimate of drug-likeness (QED) is 0.630. The first-order chi connectivity index (χ1) is 5.74. The first-order valence-corrected chi connectivity index (χ1v) is 5.37. The van der Waals surface area contributed by atoms with E-state index in [2.05, 4.69) is 5.32 Å². The van der Waals surface area contributed by atoms with Gasteiger partial charge in [0.25, 0.3) is 0 Å². The van der Waals surface area contributed by atoms with Crippen LogP contribution in [0.15, 0.2) is 0 Å². The van der Waals surface area contributed by atoms with Crippen LogP contribution in [0.25, 0.3) is 0 Å². The van der Waals surface area contributed by atoms with Gasteiger partial charge in [0.15, 0.2) is 0 Å². The van der Waals surface area contributed by atoms with Crippen LogP contribution in [0, 0.1) is 0 Å². The molecule has 0 radical (unpaired) electrons. The lowest BCUT2D eigenvalue weighted by Gasteiger charge is -2.10. The van der Waals surface area contributed by atoms with Gasteiger partial charge in [-0.05, 0) is 18.4 Å². The van der Waals surface area contributed by atoms with E-state index in [0.717, 1.165) is 18.5 Å². The number of carbonyl (C=O) groups excluding carboxylic acids is 2. The monoisotopic (exact) mass is 189 g/mol. The van der Waals surface area contributed by atoms with E-state index in [1.807, 2.05) is 6.26 Å². The fraction of sp³-hybridized carbons (Fsp3) is 0.750. The van der Waals surface area contributed by atoms with Gasteiger partial charge in [0.1, 0.15) is 6.29 Å².